The molecule has 2 amide bonds. The van der Waals surface area contributed by atoms with Gasteiger partial charge in [0, 0.05) is 17.3 Å². The number of urea groups is 1. The van der Waals surface area contributed by atoms with E-state index in [4.69, 9.17) is 4.74 Å². The van der Waals surface area contributed by atoms with Gasteiger partial charge in [-0.2, -0.15) is 0 Å². The van der Waals surface area contributed by atoms with E-state index in [9.17, 15) is 13.2 Å². The molecule has 1 aliphatic rings. The van der Waals surface area contributed by atoms with Crippen molar-refractivity contribution < 1.29 is 17.9 Å². The molecule has 1 aliphatic carbocycles. The smallest absolute Gasteiger partial charge is 0.321 e. The number of sulfonamides is 1. The molecule has 0 spiro atoms. The SMILES string of the molecule is CNS(=O)(=O)[C@H]1C[C@H](CNC(=O)Nc2nc(C(C)(C)c3ccc(OC)cc3)cs2)C1. The highest BCUT2D eigenvalue weighted by Gasteiger charge is 2.37. The van der Waals surface area contributed by atoms with Gasteiger partial charge in [-0.25, -0.2) is 22.9 Å². The molecule has 0 unspecified atom stereocenters. The van der Waals surface area contributed by atoms with Crippen LogP contribution in [0.2, 0.25) is 0 Å². The number of nitrogens with one attached hydrogen (secondary N) is 3. The van der Waals surface area contributed by atoms with Gasteiger partial charge in [0.2, 0.25) is 10.0 Å². The zero-order chi connectivity index (χ0) is 21.9. The van der Waals surface area contributed by atoms with Crippen molar-refractivity contribution in [1.82, 2.24) is 15.0 Å². The van der Waals surface area contributed by atoms with E-state index in [2.05, 4.69) is 34.2 Å². The van der Waals surface area contributed by atoms with Gasteiger partial charge in [-0.15, -0.1) is 11.3 Å². The van der Waals surface area contributed by atoms with E-state index in [1.165, 1.54) is 18.4 Å². The number of nitrogens with zero attached hydrogens (tertiary/aromatic N) is 1. The van der Waals surface area contributed by atoms with Crippen LogP contribution >= 0.6 is 11.3 Å². The van der Waals surface area contributed by atoms with Crippen LogP contribution in [-0.2, 0) is 15.4 Å². The Kier molecular flexibility index (Phi) is 6.68. The molecule has 0 atom stereocenters. The highest BCUT2D eigenvalue weighted by atomic mass is 32.2. The number of benzene rings is 1. The van der Waals surface area contributed by atoms with Crippen LogP contribution in [0.1, 0.15) is 37.9 Å². The van der Waals surface area contributed by atoms with Crippen LogP contribution in [0.15, 0.2) is 29.6 Å². The fraction of sp³-hybridized carbons (Fsp3) is 0.500. The van der Waals surface area contributed by atoms with Gasteiger partial charge >= 0.3 is 6.03 Å². The van der Waals surface area contributed by atoms with Crippen molar-refractivity contribution in [3.63, 3.8) is 0 Å². The molecule has 30 heavy (non-hydrogen) atoms. The number of rotatable bonds is 8. The van der Waals surface area contributed by atoms with Crippen LogP contribution in [0.3, 0.4) is 0 Å². The lowest BCUT2D eigenvalue weighted by Gasteiger charge is -2.34. The number of aromatic nitrogens is 1. The predicted octanol–water partition coefficient (Wildman–Crippen LogP) is 2.93. The standard InChI is InChI=1S/C20H28N4O4S2/c1-20(2,14-5-7-15(28-4)8-6-14)17-12-29-19(23-17)24-18(25)22-11-13-9-16(10-13)30(26,27)21-3/h5-8,12-13,16,21H,9-11H2,1-4H3,(H2,22,23,24,25)/t13-,16-. The Hall–Kier alpha value is -2.17. The van der Waals surface area contributed by atoms with Crippen molar-refractivity contribution in [2.45, 2.75) is 37.4 Å². The predicted molar refractivity (Wildman–Crippen MR) is 119 cm³/mol. The molecule has 1 heterocycles. The summed E-state index contributed by atoms with van der Waals surface area (Å²) in [5.74, 6) is 0.970. The summed E-state index contributed by atoms with van der Waals surface area (Å²) in [6.07, 6.45) is 1.11. The number of hydrogen-bond acceptors (Lipinski definition) is 6. The number of carbonyl (C=O) groups excluding carboxylic acids is 1. The zero-order valence-electron chi connectivity index (χ0n) is 17.6. The molecule has 10 heteroatoms. The van der Waals surface area contributed by atoms with Crippen LogP contribution in [0.25, 0.3) is 0 Å². The third-order valence-electron chi connectivity index (χ3n) is 5.64. The van der Waals surface area contributed by atoms with Crippen molar-refractivity contribution in [2.24, 2.45) is 5.92 Å². The normalized spacial score (nSPS) is 19.1. The van der Waals surface area contributed by atoms with E-state index in [1.54, 1.807) is 7.11 Å². The molecule has 2 aromatic rings. The van der Waals surface area contributed by atoms with Crippen molar-refractivity contribution in [3.05, 3.63) is 40.9 Å². The van der Waals surface area contributed by atoms with Gasteiger partial charge in [-0.05, 0) is 43.5 Å². The van der Waals surface area contributed by atoms with E-state index in [0.717, 1.165) is 17.0 Å². The van der Waals surface area contributed by atoms with E-state index < -0.39 is 10.0 Å². The molecule has 0 radical (unpaired) electrons. The van der Waals surface area contributed by atoms with Gasteiger partial charge in [0.15, 0.2) is 5.13 Å². The zero-order valence-corrected chi connectivity index (χ0v) is 19.2. The minimum Gasteiger partial charge on any atom is -0.497 e. The second-order valence-corrected chi connectivity index (χ2v) is 11.0. The van der Waals surface area contributed by atoms with Crippen LogP contribution in [0.5, 0.6) is 5.75 Å². The largest absolute Gasteiger partial charge is 0.497 e. The Bertz CT molecular complexity index is 980. The first-order chi connectivity index (χ1) is 14.2. The molecule has 1 saturated carbocycles. The van der Waals surface area contributed by atoms with Crippen LogP contribution in [0.4, 0.5) is 9.93 Å². The molecule has 0 aliphatic heterocycles. The molecule has 1 aromatic carbocycles. The molecule has 1 aromatic heterocycles. The Morgan fingerprint density at radius 1 is 1.27 bits per heavy atom. The number of methoxy groups -OCH3 is 1. The summed E-state index contributed by atoms with van der Waals surface area (Å²) in [6, 6.07) is 7.53. The fourth-order valence-corrected chi connectivity index (χ4v) is 5.67. The lowest BCUT2D eigenvalue weighted by atomic mass is 9.82. The molecule has 0 saturated heterocycles. The summed E-state index contributed by atoms with van der Waals surface area (Å²) in [7, 11) is -0.154. The number of anilines is 1. The second kappa shape index (κ2) is 8.91. The van der Waals surface area contributed by atoms with E-state index in [0.29, 0.717) is 24.5 Å². The third kappa shape index (κ3) is 4.93. The molecule has 8 nitrogen and oxygen atoms in total. The van der Waals surface area contributed by atoms with Gasteiger partial charge in [0.1, 0.15) is 5.75 Å². The van der Waals surface area contributed by atoms with E-state index in [-0.39, 0.29) is 22.6 Å². The summed E-state index contributed by atoms with van der Waals surface area (Å²) in [6.45, 7) is 4.61. The van der Waals surface area contributed by atoms with E-state index >= 15 is 0 Å². The topological polar surface area (TPSA) is 109 Å². The highest BCUT2D eigenvalue weighted by Crippen LogP contribution is 2.34. The van der Waals surface area contributed by atoms with Crippen molar-refractivity contribution in [3.8, 4) is 5.75 Å². The number of amides is 2. The Morgan fingerprint density at radius 2 is 1.93 bits per heavy atom. The molecule has 0 bridgehead atoms. The Morgan fingerprint density at radius 3 is 2.53 bits per heavy atom. The van der Waals surface area contributed by atoms with Crippen molar-refractivity contribution in [2.75, 3.05) is 26.0 Å². The van der Waals surface area contributed by atoms with Crippen molar-refractivity contribution >= 4 is 32.5 Å². The first kappa shape index (κ1) is 22.5. The molecule has 3 N–H and O–H groups in total. The van der Waals surface area contributed by atoms with Gasteiger partial charge in [-0.1, -0.05) is 26.0 Å². The van der Waals surface area contributed by atoms with Crippen LogP contribution in [0, 0.1) is 5.92 Å². The van der Waals surface area contributed by atoms with Crippen LogP contribution < -0.4 is 20.1 Å². The molecule has 1 fully saturated rings. The lowest BCUT2D eigenvalue weighted by molar-refractivity contribution is 0.243. The number of hydrogen-bond donors (Lipinski definition) is 3. The average molecular weight is 453 g/mol. The van der Waals surface area contributed by atoms with Gasteiger partial charge in [0.05, 0.1) is 18.1 Å². The summed E-state index contributed by atoms with van der Waals surface area (Å²) < 4.78 is 31.0. The quantitative estimate of drug-likeness (QED) is 0.571. The maximum atomic E-state index is 12.2. The maximum Gasteiger partial charge on any atom is 0.321 e. The fourth-order valence-electron chi connectivity index (χ4n) is 3.41. The van der Waals surface area contributed by atoms with Gasteiger partial charge in [0.25, 0.3) is 0 Å². The van der Waals surface area contributed by atoms with Gasteiger partial charge < -0.3 is 10.1 Å². The highest BCUT2D eigenvalue weighted by molar-refractivity contribution is 7.90. The number of ether oxygens (including phenoxy) is 1. The number of carbonyl (C=O) groups is 1. The molecular weight excluding hydrogens is 424 g/mol. The first-order valence-electron chi connectivity index (χ1n) is 9.73. The summed E-state index contributed by atoms with van der Waals surface area (Å²) >= 11 is 1.37. The average Bonchev–Trinajstić information content (AvgIpc) is 3.16. The van der Waals surface area contributed by atoms with E-state index in [1.807, 2.05) is 29.6 Å². The minimum atomic E-state index is -3.21. The summed E-state index contributed by atoms with van der Waals surface area (Å²) in [5, 5.41) is 7.67. The minimum absolute atomic E-state index is 0.171. The Balaban J connectivity index is 1.52. The first-order valence-corrected chi connectivity index (χ1v) is 12.2. The number of thiazole rings is 1. The monoisotopic (exact) mass is 452 g/mol. The molecular formula is C20H28N4O4S2. The summed E-state index contributed by atoms with van der Waals surface area (Å²) in [5.41, 5.74) is 1.64. The van der Waals surface area contributed by atoms with Crippen LogP contribution in [-0.4, -0.2) is 45.4 Å². The molecule has 164 valence electrons. The van der Waals surface area contributed by atoms with Gasteiger partial charge in [-0.3, -0.25) is 5.32 Å². The Labute approximate surface area is 181 Å². The lowest BCUT2D eigenvalue weighted by Crippen LogP contribution is -2.46. The summed E-state index contributed by atoms with van der Waals surface area (Å²) in [4.78, 5) is 16.8. The maximum absolute atomic E-state index is 12.2. The molecule has 3 rings (SSSR count). The second-order valence-electron chi connectivity index (χ2n) is 7.93. The van der Waals surface area contributed by atoms with Crippen molar-refractivity contribution in [1.29, 1.82) is 0 Å². The third-order valence-corrected chi connectivity index (χ3v) is 8.23.